The summed E-state index contributed by atoms with van der Waals surface area (Å²) in [6.07, 6.45) is -1.57. The van der Waals surface area contributed by atoms with E-state index >= 15 is 0 Å². The van der Waals surface area contributed by atoms with E-state index in [9.17, 15) is 19.8 Å². The van der Waals surface area contributed by atoms with Gasteiger partial charge in [-0.25, -0.2) is 4.79 Å². The van der Waals surface area contributed by atoms with Crippen LogP contribution in [-0.2, 0) is 20.9 Å². The SMILES string of the molecule is CC(C)(C)OC(=O)N1C[C@@H](NC(O)OCc2ccccc2)C[C@@H](C(=O)O)C1. The van der Waals surface area contributed by atoms with E-state index in [2.05, 4.69) is 5.32 Å². The van der Waals surface area contributed by atoms with Crippen molar-refractivity contribution in [2.45, 2.75) is 51.9 Å². The van der Waals surface area contributed by atoms with Gasteiger partial charge in [0.2, 0.25) is 6.41 Å². The van der Waals surface area contributed by atoms with Gasteiger partial charge in [0.15, 0.2) is 0 Å². The fourth-order valence-corrected chi connectivity index (χ4v) is 2.87. The molecule has 1 fully saturated rings. The summed E-state index contributed by atoms with van der Waals surface area (Å²) >= 11 is 0. The molecule has 1 aliphatic rings. The van der Waals surface area contributed by atoms with Crippen LogP contribution in [0.2, 0.25) is 0 Å². The van der Waals surface area contributed by atoms with Gasteiger partial charge in [0.1, 0.15) is 5.60 Å². The molecule has 8 nitrogen and oxygen atoms in total. The summed E-state index contributed by atoms with van der Waals surface area (Å²) < 4.78 is 10.7. The molecule has 3 atom stereocenters. The summed E-state index contributed by atoms with van der Waals surface area (Å²) in [4.78, 5) is 25.1. The lowest BCUT2D eigenvalue weighted by Gasteiger charge is -2.37. The van der Waals surface area contributed by atoms with E-state index in [-0.39, 0.29) is 26.1 Å². The molecule has 0 aromatic heterocycles. The molecule has 0 aliphatic carbocycles. The molecule has 1 amide bonds. The fraction of sp³-hybridized carbons (Fsp3) is 0.579. The van der Waals surface area contributed by atoms with Crippen LogP contribution in [0.4, 0.5) is 4.79 Å². The summed E-state index contributed by atoms with van der Waals surface area (Å²) in [7, 11) is 0. The second kappa shape index (κ2) is 9.16. The maximum absolute atomic E-state index is 12.3. The monoisotopic (exact) mass is 380 g/mol. The molecule has 1 aromatic rings. The summed E-state index contributed by atoms with van der Waals surface area (Å²) in [5, 5.41) is 22.3. The van der Waals surface area contributed by atoms with Gasteiger partial charge in [0.25, 0.3) is 0 Å². The van der Waals surface area contributed by atoms with Crippen molar-refractivity contribution in [1.82, 2.24) is 10.2 Å². The minimum atomic E-state index is -1.27. The normalized spacial score (nSPS) is 21.6. The number of carbonyl (C=O) groups excluding carboxylic acids is 1. The van der Waals surface area contributed by atoms with E-state index in [0.717, 1.165) is 5.56 Å². The number of hydrogen-bond acceptors (Lipinski definition) is 6. The maximum atomic E-state index is 12.3. The first-order chi connectivity index (χ1) is 12.6. The molecule has 2 rings (SSSR count). The van der Waals surface area contributed by atoms with Crippen LogP contribution in [0.1, 0.15) is 32.8 Å². The molecule has 150 valence electrons. The average Bonchev–Trinajstić information content (AvgIpc) is 2.59. The standard InChI is InChI=1S/C19H28N2O6/c1-19(2,3)27-18(25)21-10-14(16(22)23)9-15(11-21)20-17(24)26-12-13-7-5-4-6-8-13/h4-8,14-15,17,20,24H,9-12H2,1-3H3,(H,22,23)/t14-,15+,17?/m1/s1. The number of benzene rings is 1. The number of likely N-dealkylation sites (tertiary alicyclic amines) is 1. The van der Waals surface area contributed by atoms with Crippen molar-refractivity contribution >= 4 is 12.1 Å². The zero-order valence-corrected chi connectivity index (χ0v) is 15.9. The minimum absolute atomic E-state index is 0.0728. The lowest BCUT2D eigenvalue weighted by atomic mass is 9.94. The van der Waals surface area contributed by atoms with Gasteiger partial charge in [0.05, 0.1) is 12.5 Å². The Morgan fingerprint density at radius 1 is 1.26 bits per heavy atom. The Labute approximate surface area is 159 Å². The van der Waals surface area contributed by atoms with Crippen molar-refractivity contribution in [3.8, 4) is 0 Å². The number of carboxylic acids is 1. The molecule has 0 bridgehead atoms. The molecule has 1 unspecified atom stereocenters. The number of nitrogens with zero attached hydrogens (tertiary/aromatic N) is 1. The van der Waals surface area contributed by atoms with Gasteiger partial charge in [-0.2, -0.15) is 0 Å². The highest BCUT2D eigenvalue weighted by atomic mass is 16.6. The van der Waals surface area contributed by atoms with Crippen LogP contribution in [0.5, 0.6) is 0 Å². The van der Waals surface area contributed by atoms with Crippen molar-refractivity contribution in [1.29, 1.82) is 0 Å². The van der Waals surface area contributed by atoms with Crippen molar-refractivity contribution < 1.29 is 29.3 Å². The highest BCUT2D eigenvalue weighted by molar-refractivity contribution is 5.73. The highest BCUT2D eigenvalue weighted by Gasteiger charge is 2.36. The Kier molecular flexibility index (Phi) is 7.18. The number of piperidine rings is 1. The molecule has 1 aliphatic heterocycles. The van der Waals surface area contributed by atoms with Gasteiger partial charge in [-0.05, 0) is 32.8 Å². The van der Waals surface area contributed by atoms with Gasteiger partial charge >= 0.3 is 12.1 Å². The first-order valence-corrected chi connectivity index (χ1v) is 8.94. The van der Waals surface area contributed by atoms with E-state index in [0.29, 0.717) is 0 Å². The molecule has 1 saturated heterocycles. The van der Waals surface area contributed by atoms with Crippen molar-refractivity contribution in [2.75, 3.05) is 13.1 Å². The van der Waals surface area contributed by atoms with Gasteiger partial charge in [-0.3, -0.25) is 10.1 Å². The number of carboxylic acid groups (broad SMARTS) is 1. The van der Waals surface area contributed by atoms with E-state index in [1.54, 1.807) is 20.8 Å². The summed E-state index contributed by atoms with van der Waals surface area (Å²) in [6.45, 7) is 5.76. The number of aliphatic hydroxyl groups excluding tert-OH is 1. The Morgan fingerprint density at radius 3 is 2.52 bits per heavy atom. The number of nitrogens with one attached hydrogen (secondary N) is 1. The average molecular weight is 380 g/mol. The van der Waals surface area contributed by atoms with Gasteiger partial charge in [-0.15, -0.1) is 0 Å². The van der Waals surface area contributed by atoms with Crippen LogP contribution in [-0.4, -0.2) is 58.3 Å². The second-order valence-corrected chi connectivity index (χ2v) is 7.67. The van der Waals surface area contributed by atoms with Gasteiger partial charge < -0.3 is 24.6 Å². The topological polar surface area (TPSA) is 108 Å². The third-order valence-electron chi connectivity index (χ3n) is 4.08. The molecular weight excluding hydrogens is 352 g/mol. The predicted molar refractivity (Wildman–Crippen MR) is 97.7 cm³/mol. The number of carbonyl (C=O) groups is 2. The molecular formula is C19H28N2O6. The number of ether oxygens (including phenoxy) is 2. The Bertz CT molecular complexity index is 631. The molecule has 0 saturated carbocycles. The van der Waals surface area contributed by atoms with Crippen LogP contribution in [0, 0.1) is 5.92 Å². The van der Waals surface area contributed by atoms with Crippen molar-refractivity contribution in [3.05, 3.63) is 35.9 Å². The Morgan fingerprint density at radius 2 is 1.93 bits per heavy atom. The van der Waals surface area contributed by atoms with Crippen molar-refractivity contribution in [2.24, 2.45) is 5.92 Å². The van der Waals surface area contributed by atoms with Crippen LogP contribution in [0.25, 0.3) is 0 Å². The molecule has 1 heterocycles. The van der Waals surface area contributed by atoms with Crippen LogP contribution < -0.4 is 5.32 Å². The third kappa shape index (κ3) is 7.16. The van der Waals surface area contributed by atoms with E-state index in [1.807, 2.05) is 30.3 Å². The fourth-order valence-electron chi connectivity index (χ4n) is 2.87. The molecule has 1 aromatic carbocycles. The third-order valence-corrected chi connectivity index (χ3v) is 4.08. The first-order valence-electron chi connectivity index (χ1n) is 8.94. The molecule has 0 radical (unpaired) electrons. The molecule has 0 spiro atoms. The van der Waals surface area contributed by atoms with Crippen molar-refractivity contribution in [3.63, 3.8) is 0 Å². The number of hydrogen-bond donors (Lipinski definition) is 3. The number of aliphatic hydroxyl groups is 1. The number of rotatable bonds is 6. The zero-order valence-electron chi connectivity index (χ0n) is 15.9. The molecule has 8 heteroatoms. The van der Waals surface area contributed by atoms with Gasteiger partial charge in [0, 0.05) is 19.1 Å². The van der Waals surface area contributed by atoms with Crippen LogP contribution in [0.3, 0.4) is 0 Å². The summed E-state index contributed by atoms with van der Waals surface area (Å²) in [5.41, 5.74) is 0.231. The largest absolute Gasteiger partial charge is 0.481 e. The predicted octanol–water partition coefficient (Wildman–Crippen LogP) is 1.78. The van der Waals surface area contributed by atoms with Crippen LogP contribution in [0.15, 0.2) is 30.3 Å². The smallest absolute Gasteiger partial charge is 0.410 e. The van der Waals surface area contributed by atoms with Crippen LogP contribution >= 0.6 is 0 Å². The lowest BCUT2D eigenvalue weighted by Crippen LogP contribution is -2.55. The number of aliphatic carboxylic acids is 1. The zero-order chi connectivity index (χ0) is 20.0. The lowest BCUT2D eigenvalue weighted by molar-refractivity contribution is -0.149. The summed E-state index contributed by atoms with van der Waals surface area (Å²) in [5.74, 6) is -1.74. The maximum Gasteiger partial charge on any atom is 0.410 e. The van der Waals surface area contributed by atoms with E-state index in [4.69, 9.17) is 9.47 Å². The number of amides is 1. The minimum Gasteiger partial charge on any atom is -0.481 e. The van der Waals surface area contributed by atoms with Gasteiger partial charge in [-0.1, -0.05) is 30.3 Å². The Balaban J connectivity index is 1.93. The summed E-state index contributed by atoms with van der Waals surface area (Å²) in [6, 6.07) is 8.94. The quantitative estimate of drug-likeness (QED) is 0.646. The highest BCUT2D eigenvalue weighted by Crippen LogP contribution is 2.20. The first kappa shape index (κ1) is 21.1. The molecule has 27 heavy (non-hydrogen) atoms. The molecule has 3 N–H and O–H groups in total. The van der Waals surface area contributed by atoms with E-state index in [1.165, 1.54) is 4.90 Å². The Hall–Kier alpha value is -2.16. The van der Waals surface area contributed by atoms with E-state index < -0.39 is 36.0 Å². The second-order valence-electron chi connectivity index (χ2n) is 7.67.